The molecule has 0 aromatic carbocycles. The molecule has 1 atom stereocenters. The predicted molar refractivity (Wildman–Crippen MR) is 52.7 cm³/mol. The number of carbonyl (C=O) groups is 1. The van der Waals surface area contributed by atoms with Crippen LogP contribution < -0.4 is 5.73 Å². The molecule has 13 heavy (non-hydrogen) atoms. The molecule has 0 aliphatic heterocycles. The summed E-state index contributed by atoms with van der Waals surface area (Å²) >= 11 is 0. The van der Waals surface area contributed by atoms with Gasteiger partial charge in [0.2, 0.25) is 0 Å². The van der Waals surface area contributed by atoms with Gasteiger partial charge >= 0.3 is 5.97 Å². The van der Waals surface area contributed by atoms with Crippen LogP contribution in [0.25, 0.3) is 0 Å². The van der Waals surface area contributed by atoms with Gasteiger partial charge in [-0.05, 0) is 13.3 Å². The molecule has 0 aliphatic carbocycles. The third-order valence-corrected chi connectivity index (χ3v) is 1.52. The maximum absolute atomic E-state index is 10.4. The Labute approximate surface area is 78.2 Å². The van der Waals surface area contributed by atoms with Crippen molar-refractivity contribution in [3.63, 3.8) is 0 Å². The Bertz CT molecular complexity index is 218. The molecule has 74 valence electrons. The minimum absolute atomic E-state index is 0.334. The topological polar surface area (TPSA) is 75.7 Å². The molecule has 4 heteroatoms. The largest absolute Gasteiger partial charge is 0.481 e. The summed E-state index contributed by atoms with van der Waals surface area (Å²) in [4.78, 5) is 14.3. The van der Waals surface area contributed by atoms with Gasteiger partial charge in [0.25, 0.3) is 0 Å². The zero-order valence-corrected chi connectivity index (χ0v) is 8.03. The van der Waals surface area contributed by atoms with Crippen LogP contribution in [0.5, 0.6) is 0 Å². The SMILES string of the molecule is CC(N)=NC/C=C/C[C@@H](C)C(=O)O. The first-order valence-electron chi connectivity index (χ1n) is 4.18. The van der Waals surface area contributed by atoms with Gasteiger partial charge in [-0.1, -0.05) is 19.1 Å². The molecule has 0 rings (SSSR count). The lowest BCUT2D eigenvalue weighted by atomic mass is 10.1. The van der Waals surface area contributed by atoms with Gasteiger partial charge in [-0.25, -0.2) is 0 Å². The quantitative estimate of drug-likeness (QED) is 0.380. The van der Waals surface area contributed by atoms with Crippen LogP contribution >= 0.6 is 0 Å². The third-order valence-electron chi connectivity index (χ3n) is 1.52. The second kappa shape index (κ2) is 6.22. The lowest BCUT2D eigenvalue weighted by Crippen LogP contribution is -2.08. The third kappa shape index (κ3) is 7.05. The number of allylic oxidation sites excluding steroid dienone is 1. The average molecular weight is 184 g/mol. The van der Waals surface area contributed by atoms with Gasteiger partial charge in [0.1, 0.15) is 0 Å². The van der Waals surface area contributed by atoms with E-state index in [-0.39, 0.29) is 5.92 Å². The van der Waals surface area contributed by atoms with Crippen molar-refractivity contribution >= 4 is 11.8 Å². The number of aliphatic imine (C=N–C) groups is 1. The van der Waals surface area contributed by atoms with Crippen LogP contribution in [0.4, 0.5) is 0 Å². The fourth-order valence-corrected chi connectivity index (χ4v) is 0.672. The van der Waals surface area contributed by atoms with E-state index in [1.54, 1.807) is 13.8 Å². The number of nitrogens with two attached hydrogens (primary N) is 1. The number of carboxylic acid groups (broad SMARTS) is 1. The van der Waals surface area contributed by atoms with Gasteiger partial charge in [-0.2, -0.15) is 0 Å². The molecule has 0 heterocycles. The van der Waals surface area contributed by atoms with E-state index in [0.717, 1.165) is 0 Å². The molecular weight excluding hydrogens is 168 g/mol. The highest BCUT2D eigenvalue weighted by Gasteiger charge is 2.06. The number of aliphatic carboxylic acids is 1. The molecule has 3 N–H and O–H groups in total. The van der Waals surface area contributed by atoms with E-state index in [0.29, 0.717) is 18.8 Å². The summed E-state index contributed by atoms with van der Waals surface area (Å²) in [5.74, 6) is -0.571. The number of rotatable bonds is 5. The molecule has 0 amide bonds. The van der Waals surface area contributed by atoms with E-state index in [9.17, 15) is 4.79 Å². The van der Waals surface area contributed by atoms with E-state index >= 15 is 0 Å². The highest BCUT2D eigenvalue weighted by atomic mass is 16.4. The standard InChI is InChI=1S/C9H16N2O2/c1-7(9(12)13)5-3-4-6-11-8(2)10/h3-4,7H,5-6H2,1-2H3,(H2,10,11)(H,12,13)/b4-3+/t7-/m1/s1. The molecule has 0 unspecified atom stereocenters. The van der Waals surface area contributed by atoms with Gasteiger partial charge in [0.15, 0.2) is 0 Å². The lowest BCUT2D eigenvalue weighted by molar-refractivity contribution is -0.140. The van der Waals surface area contributed by atoms with Crippen molar-refractivity contribution in [3.8, 4) is 0 Å². The van der Waals surface area contributed by atoms with E-state index in [2.05, 4.69) is 4.99 Å². The number of amidine groups is 1. The Morgan fingerprint density at radius 1 is 1.62 bits per heavy atom. The van der Waals surface area contributed by atoms with Crippen molar-refractivity contribution in [1.29, 1.82) is 0 Å². The fourth-order valence-electron chi connectivity index (χ4n) is 0.672. The normalized spacial score (nSPS) is 14.8. The highest BCUT2D eigenvalue weighted by Crippen LogP contribution is 2.01. The molecule has 0 aromatic rings. The van der Waals surface area contributed by atoms with Crippen molar-refractivity contribution in [2.75, 3.05) is 6.54 Å². The number of hydrogen-bond acceptors (Lipinski definition) is 2. The van der Waals surface area contributed by atoms with E-state index in [4.69, 9.17) is 10.8 Å². The molecule has 0 saturated heterocycles. The fraction of sp³-hybridized carbons (Fsp3) is 0.556. The monoisotopic (exact) mass is 184 g/mol. The summed E-state index contributed by atoms with van der Waals surface area (Å²) in [5, 5.41) is 8.55. The van der Waals surface area contributed by atoms with Crippen LogP contribution in [0.3, 0.4) is 0 Å². The van der Waals surface area contributed by atoms with E-state index in [1.807, 2.05) is 12.2 Å². The molecule has 0 fully saturated rings. The van der Waals surface area contributed by atoms with Gasteiger partial charge in [0.05, 0.1) is 18.3 Å². The Hall–Kier alpha value is -1.32. The van der Waals surface area contributed by atoms with Crippen molar-refractivity contribution in [2.24, 2.45) is 16.6 Å². The molecule has 0 saturated carbocycles. The summed E-state index contributed by atoms with van der Waals surface area (Å²) in [6.45, 7) is 3.91. The van der Waals surface area contributed by atoms with E-state index < -0.39 is 5.97 Å². The zero-order chi connectivity index (χ0) is 10.3. The maximum Gasteiger partial charge on any atom is 0.306 e. The Balaban J connectivity index is 3.64. The Morgan fingerprint density at radius 3 is 2.69 bits per heavy atom. The second-order valence-electron chi connectivity index (χ2n) is 2.93. The molecule has 4 nitrogen and oxygen atoms in total. The highest BCUT2D eigenvalue weighted by molar-refractivity contribution is 5.77. The molecule has 0 bridgehead atoms. The smallest absolute Gasteiger partial charge is 0.306 e. The molecule has 0 spiro atoms. The van der Waals surface area contributed by atoms with Gasteiger partial charge in [-0.3, -0.25) is 9.79 Å². The van der Waals surface area contributed by atoms with Crippen LogP contribution in [0.15, 0.2) is 17.1 Å². The van der Waals surface area contributed by atoms with Crippen LogP contribution in [-0.2, 0) is 4.79 Å². The Kier molecular flexibility index (Phi) is 5.59. The first-order chi connectivity index (χ1) is 6.04. The van der Waals surface area contributed by atoms with Crippen molar-refractivity contribution < 1.29 is 9.90 Å². The van der Waals surface area contributed by atoms with Gasteiger partial charge < -0.3 is 10.8 Å². The maximum atomic E-state index is 10.4. The number of hydrogen-bond donors (Lipinski definition) is 2. The van der Waals surface area contributed by atoms with Crippen molar-refractivity contribution in [3.05, 3.63) is 12.2 Å². The molecule has 0 aromatic heterocycles. The summed E-state index contributed by atoms with van der Waals surface area (Å²) in [6.07, 6.45) is 4.16. The Morgan fingerprint density at radius 2 is 2.23 bits per heavy atom. The summed E-state index contributed by atoms with van der Waals surface area (Å²) in [6, 6.07) is 0. The predicted octanol–water partition coefficient (Wildman–Crippen LogP) is 1.03. The zero-order valence-electron chi connectivity index (χ0n) is 8.03. The number of carboxylic acids is 1. The first kappa shape index (κ1) is 11.7. The number of nitrogens with zero attached hydrogens (tertiary/aromatic N) is 1. The summed E-state index contributed by atoms with van der Waals surface area (Å²) in [7, 11) is 0. The van der Waals surface area contributed by atoms with Crippen LogP contribution in [0, 0.1) is 5.92 Å². The average Bonchev–Trinajstić information content (AvgIpc) is 2.02. The second-order valence-corrected chi connectivity index (χ2v) is 2.93. The van der Waals surface area contributed by atoms with Gasteiger partial charge in [0, 0.05) is 0 Å². The van der Waals surface area contributed by atoms with Crippen LogP contribution in [-0.4, -0.2) is 23.5 Å². The molecule has 0 radical (unpaired) electrons. The van der Waals surface area contributed by atoms with Crippen LogP contribution in [0.1, 0.15) is 20.3 Å². The summed E-state index contributed by atoms with van der Waals surface area (Å²) < 4.78 is 0. The van der Waals surface area contributed by atoms with Crippen LogP contribution in [0.2, 0.25) is 0 Å². The first-order valence-corrected chi connectivity index (χ1v) is 4.18. The minimum atomic E-state index is -0.775. The molecular formula is C9H16N2O2. The molecule has 0 aliphatic rings. The minimum Gasteiger partial charge on any atom is -0.481 e. The van der Waals surface area contributed by atoms with E-state index in [1.165, 1.54) is 0 Å². The van der Waals surface area contributed by atoms with Crippen molar-refractivity contribution in [2.45, 2.75) is 20.3 Å². The summed E-state index contributed by atoms with van der Waals surface area (Å²) in [5.41, 5.74) is 5.30. The van der Waals surface area contributed by atoms with Crippen molar-refractivity contribution in [1.82, 2.24) is 0 Å². The lowest BCUT2D eigenvalue weighted by Gasteiger charge is -1.99. The van der Waals surface area contributed by atoms with Gasteiger partial charge in [-0.15, -0.1) is 0 Å².